The maximum atomic E-state index is 13.1. The molecular formula is C30H34N6O2. The summed E-state index contributed by atoms with van der Waals surface area (Å²) in [5, 5.41) is 0.950. The molecule has 8 nitrogen and oxygen atoms in total. The highest BCUT2D eigenvalue weighted by molar-refractivity contribution is 5.97. The number of imidazole rings is 1. The summed E-state index contributed by atoms with van der Waals surface area (Å²) in [6.45, 7) is 7.49. The third-order valence-corrected chi connectivity index (χ3v) is 7.77. The van der Waals surface area contributed by atoms with Crippen LogP contribution in [0.5, 0.6) is 5.88 Å². The minimum atomic E-state index is -0.0489. The lowest BCUT2D eigenvalue weighted by molar-refractivity contribution is 0.0809. The maximum absolute atomic E-state index is 13.1. The summed E-state index contributed by atoms with van der Waals surface area (Å²) in [5.41, 5.74) is 3.61. The molecule has 0 N–H and O–H groups in total. The maximum Gasteiger partial charge on any atom is 0.214 e. The monoisotopic (exact) mass is 510 g/mol. The van der Waals surface area contributed by atoms with Crippen molar-refractivity contribution in [1.29, 1.82) is 0 Å². The Kier molecular flexibility index (Phi) is 6.89. The molecular weight excluding hydrogens is 476 g/mol. The van der Waals surface area contributed by atoms with Crippen molar-refractivity contribution < 1.29 is 9.53 Å². The third kappa shape index (κ3) is 5.18. The van der Waals surface area contributed by atoms with Crippen LogP contribution in [0.3, 0.4) is 0 Å². The number of carbonyl (C=O) groups is 1. The molecule has 2 aliphatic heterocycles. The quantitative estimate of drug-likeness (QED) is 0.327. The minimum absolute atomic E-state index is 0.0489. The second-order valence-electron chi connectivity index (χ2n) is 10.7. The van der Waals surface area contributed by atoms with Crippen LogP contribution in [0.2, 0.25) is 0 Å². The Labute approximate surface area is 223 Å². The Bertz CT molecular complexity index is 1450. The Morgan fingerprint density at radius 2 is 1.89 bits per heavy atom. The number of carbonyl (C=O) groups excluding carboxylic acids is 1. The van der Waals surface area contributed by atoms with Gasteiger partial charge in [0.2, 0.25) is 5.88 Å². The molecule has 0 spiro atoms. The van der Waals surface area contributed by atoms with Gasteiger partial charge in [-0.15, -0.1) is 0 Å². The number of fused-ring (bicyclic) bond motifs is 2. The number of hydrogen-bond acceptors (Lipinski definition) is 7. The van der Waals surface area contributed by atoms with Gasteiger partial charge in [0.1, 0.15) is 17.8 Å². The van der Waals surface area contributed by atoms with Gasteiger partial charge in [0.05, 0.1) is 23.8 Å². The molecule has 8 heteroatoms. The van der Waals surface area contributed by atoms with Crippen molar-refractivity contribution in [2.24, 2.45) is 0 Å². The van der Waals surface area contributed by atoms with E-state index in [0.29, 0.717) is 23.3 Å². The van der Waals surface area contributed by atoms with Crippen molar-refractivity contribution in [3.05, 3.63) is 66.1 Å². The topological polar surface area (TPSA) is 86.0 Å². The van der Waals surface area contributed by atoms with E-state index in [9.17, 15) is 4.79 Å². The van der Waals surface area contributed by atoms with Crippen molar-refractivity contribution in [2.75, 3.05) is 13.1 Å². The molecule has 1 fully saturated rings. The molecule has 2 aliphatic rings. The van der Waals surface area contributed by atoms with Crippen molar-refractivity contribution >= 4 is 16.7 Å². The highest BCUT2D eigenvalue weighted by atomic mass is 16.5. The largest absolute Gasteiger partial charge is 0.474 e. The Morgan fingerprint density at radius 1 is 1.03 bits per heavy atom. The molecule has 0 bridgehead atoms. The van der Waals surface area contributed by atoms with Gasteiger partial charge in [-0.05, 0) is 51.7 Å². The first kappa shape index (κ1) is 24.7. The van der Waals surface area contributed by atoms with Crippen LogP contribution in [0.1, 0.15) is 61.5 Å². The fraction of sp³-hybridized carbons (Fsp3) is 0.433. The van der Waals surface area contributed by atoms with E-state index >= 15 is 0 Å². The number of piperidine rings is 1. The average Bonchev–Trinajstić information content (AvgIpc) is 3.37. The number of ketones is 1. The first-order valence-corrected chi connectivity index (χ1v) is 13.7. The van der Waals surface area contributed by atoms with Crippen LogP contribution < -0.4 is 4.74 Å². The Hall–Kier alpha value is -3.65. The fourth-order valence-electron chi connectivity index (χ4n) is 5.53. The fourth-order valence-corrected chi connectivity index (χ4v) is 5.53. The molecule has 4 aromatic rings. The van der Waals surface area contributed by atoms with E-state index in [2.05, 4.69) is 50.4 Å². The minimum Gasteiger partial charge on any atom is -0.474 e. The van der Waals surface area contributed by atoms with Gasteiger partial charge in [0.15, 0.2) is 5.78 Å². The average molecular weight is 511 g/mol. The van der Waals surface area contributed by atoms with Crippen molar-refractivity contribution in [1.82, 2.24) is 29.4 Å². The Balaban J connectivity index is 1.16. The zero-order valence-corrected chi connectivity index (χ0v) is 22.1. The standard InChI is InChI=1S/C30H34N6O2/c1-20(2)35-13-9-24(10-14-35)38-30-16-22(8-11-31-30)27(37)17-28-32-18-23-7-6-21(15-25(23)34-28)26-19-33-29-5-3-4-12-36(26)29/h6-8,11,15-16,18-20,24H,3-5,9-10,12-14,17H2,1-2H3. The van der Waals surface area contributed by atoms with Gasteiger partial charge < -0.3 is 14.2 Å². The molecule has 5 heterocycles. The highest BCUT2D eigenvalue weighted by Crippen LogP contribution is 2.27. The van der Waals surface area contributed by atoms with Crippen LogP contribution in [0.15, 0.2) is 48.9 Å². The van der Waals surface area contributed by atoms with Crippen LogP contribution >= 0.6 is 0 Å². The first-order chi connectivity index (χ1) is 18.5. The molecule has 3 aromatic heterocycles. The van der Waals surface area contributed by atoms with Crippen LogP contribution in [0.4, 0.5) is 0 Å². The number of rotatable bonds is 7. The number of hydrogen-bond donors (Lipinski definition) is 0. The molecule has 0 unspecified atom stereocenters. The molecule has 0 radical (unpaired) electrons. The van der Waals surface area contributed by atoms with Gasteiger partial charge in [0.25, 0.3) is 0 Å². The zero-order valence-electron chi connectivity index (χ0n) is 22.1. The van der Waals surface area contributed by atoms with E-state index < -0.39 is 0 Å². The van der Waals surface area contributed by atoms with Crippen molar-refractivity contribution in [3.8, 4) is 17.1 Å². The van der Waals surface area contributed by atoms with Crippen LogP contribution in [-0.2, 0) is 19.4 Å². The van der Waals surface area contributed by atoms with Gasteiger partial charge in [-0.25, -0.2) is 19.9 Å². The second kappa shape index (κ2) is 10.6. The van der Waals surface area contributed by atoms with Gasteiger partial charge in [-0.1, -0.05) is 12.1 Å². The molecule has 38 heavy (non-hydrogen) atoms. The number of pyridine rings is 1. The van der Waals surface area contributed by atoms with Crippen LogP contribution in [0.25, 0.3) is 22.2 Å². The molecule has 0 atom stereocenters. The van der Waals surface area contributed by atoms with Crippen molar-refractivity contribution in [3.63, 3.8) is 0 Å². The molecule has 1 aromatic carbocycles. The van der Waals surface area contributed by atoms with E-state index in [1.165, 1.54) is 12.8 Å². The molecule has 0 saturated carbocycles. The van der Waals surface area contributed by atoms with E-state index in [0.717, 1.165) is 66.9 Å². The summed E-state index contributed by atoms with van der Waals surface area (Å²) in [6.07, 6.45) is 11.0. The van der Waals surface area contributed by atoms with E-state index in [-0.39, 0.29) is 18.3 Å². The number of nitrogens with zero attached hydrogens (tertiary/aromatic N) is 6. The normalized spacial score (nSPS) is 16.6. The number of ether oxygens (including phenoxy) is 1. The summed E-state index contributed by atoms with van der Waals surface area (Å²) in [4.78, 5) is 33.8. The van der Waals surface area contributed by atoms with Gasteiger partial charge in [0, 0.05) is 67.1 Å². The van der Waals surface area contributed by atoms with Crippen LogP contribution in [-0.4, -0.2) is 60.4 Å². The smallest absolute Gasteiger partial charge is 0.214 e. The number of likely N-dealkylation sites (tertiary alicyclic amines) is 1. The highest BCUT2D eigenvalue weighted by Gasteiger charge is 2.23. The summed E-state index contributed by atoms with van der Waals surface area (Å²) in [7, 11) is 0. The molecule has 196 valence electrons. The Morgan fingerprint density at radius 3 is 2.74 bits per heavy atom. The van der Waals surface area contributed by atoms with Gasteiger partial charge in [-0.3, -0.25) is 4.79 Å². The number of aryl methyl sites for hydroxylation is 1. The number of aromatic nitrogens is 5. The predicted molar refractivity (Wildman–Crippen MR) is 146 cm³/mol. The van der Waals surface area contributed by atoms with Gasteiger partial charge in [-0.2, -0.15) is 0 Å². The van der Waals surface area contributed by atoms with Gasteiger partial charge >= 0.3 is 0 Å². The summed E-state index contributed by atoms with van der Waals surface area (Å²) >= 11 is 0. The van der Waals surface area contributed by atoms with Crippen molar-refractivity contribution in [2.45, 2.75) is 71.1 Å². The number of Topliss-reactive ketones (excluding diaryl/α,β-unsaturated/α-hetero) is 1. The van der Waals surface area contributed by atoms with E-state index in [1.54, 1.807) is 24.5 Å². The molecule has 1 saturated heterocycles. The SMILES string of the molecule is CC(C)N1CCC(Oc2cc(C(=O)Cc3ncc4ccc(-c5cnc6n5CCCC6)cc4n3)ccn2)CC1. The summed E-state index contributed by atoms with van der Waals surface area (Å²) < 4.78 is 8.45. The summed E-state index contributed by atoms with van der Waals surface area (Å²) in [5.74, 6) is 2.12. The summed E-state index contributed by atoms with van der Waals surface area (Å²) in [6, 6.07) is 10.2. The molecule has 0 aliphatic carbocycles. The van der Waals surface area contributed by atoms with E-state index in [4.69, 9.17) is 9.72 Å². The lowest BCUT2D eigenvalue weighted by atomic mass is 10.1. The number of benzene rings is 1. The molecule has 0 amide bonds. The van der Waals surface area contributed by atoms with E-state index in [1.807, 2.05) is 12.3 Å². The first-order valence-electron chi connectivity index (χ1n) is 13.7. The zero-order chi connectivity index (χ0) is 26.1. The third-order valence-electron chi connectivity index (χ3n) is 7.77. The lowest BCUT2D eigenvalue weighted by Gasteiger charge is -2.34. The molecule has 6 rings (SSSR count). The lowest BCUT2D eigenvalue weighted by Crippen LogP contribution is -2.41. The predicted octanol–water partition coefficient (Wildman–Crippen LogP) is 4.90. The van der Waals surface area contributed by atoms with Crippen LogP contribution in [0, 0.1) is 0 Å². The second-order valence-corrected chi connectivity index (χ2v) is 10.7.